The highest BCUT2D eigenvalue weighted by Crippen LogP contribution is 2.22. The quantitative estimate of drug-likeness (QED) is 0.319. The summed E-state index contributed by atoms with van der Waals surface area (Å²) in [5.41, 5.74) is 6.35. The number of anilines is 1. The van der Waals surface area contributed by atoms with Crippen LogP contribution in [0.3, 0.4) is 0 Å². The summed E-state index contributed by atoms with van der Waals surface area (Å²) in [6.07, 6.45) is 0. The van der Waals surface area contributed by atoms with Crippen molar-refractivity contribution in [2.75, 3.05) is 18.0 Å². The van der Waals surface area contributed by atoms with Gasteiger partial charge < -0.3 is 20.9 Å². The molecule has 0 fully saturated rings. The summed E-state index contributed by atoms with van der Waals surface area (Å²) < 4.78 is 0. The number of likely N-dealkylation sites (N-methyl/N-ethyl adjacent to an activating group) is 1. The van der Waals surface area contributed by atoms with E-state index in [1.54, 1.807) is 19.9 Å². The number of nitrogens with two attached hydrogens (primary N) is 1. The summed E-state index contributed by atoms with van der Waals surface area (Å²) in [5.74, 6) is 0.0693. The van der Waals surface area contributed by atoms with Crippen LogP contribution in [0.1, 0.15) is 26.3 Å². The van der Waals surface area contributed by atoms with Gasteiger partial charge in [-0.3, -0.25) is 0 Å². The van der Waals surface area contributed by atoms with E-state index < -0.39 is 5.60 Å². The zero-order valence-corrected chi connectivity index (χ0v) is 11.1. The van der Waals surface area contributed by atoms with Crippen molar-refractivity contribution in [1.29, 1.82) is 0 Å². The second kappa shape index (κ2) is 5.73. The SMILES string of the molecule is CCN(CC(C)(C)O)c1ccccc1C(N)=NO. The molecule has 100 valence electrons. The topological polar surface area (TPSA) is 82.1 Å². The zero-order valence-electron chi connectivity index (χ0n) is 11.1. The number of amidine groups is 1. The Balaban J connectivity index is 3.14. The van der Waals surface area contributed by atoms with E-state index in [1.165, 1.54) is 0 Å². The lowest BCUT2D eigenvalue weighted by molar-refractivity contribution is 0.0876. The average Bonchev–Trinajstić information content (AvgIpc) is 2.34. The van der Waals surface area contributed by atoms with Crippen LogP contribution in [-0.2, 0) is 0 Å². The van der Waals surface area contributed by atoms with Gasteiger partial charge in [0.1, 0.15) is 0 Å². The fourth-order valence-corrected chi connectivity index (χ4v) is 1.85. The van der Waals surface area contributed by atoms with Crippen molar-refractivity contribution < 1.29 is 10.3 Å². The van der Waals surface area contributed by atoms with Crippen LogP contribution in [-0.4, -0.2) is 34.8 Å². The highest BCUT2D eigenvalue weighted by Gasteiger charge is 2.20. The number of benzene rings is 1. The number of para-hydroxylation sites is 1. The van der Waals surface area contributed by atoms with E-state index in [0.717, 1.165) is 12.2 Å². The number of rotatable bonds is 5. The van der Waals surface area contributed by atoms with Crippen LogP contribution in [0.25, 0.3) is 0 Å². The smallest absolute Gasteiger partial charge is 0.172 e. The van der Waals surface area contributed by atoms with Gasteiger partial charge in [0, 0.05) is 24.3 Å². The maximum Gasteiger partial charge on any atom is 0.172 e. The monoisotopic (exact) mass is 251 g/mol. The Morgan fingerprint density at radius 2 is 2.00 bits per heavy atom. The maximum absolute atomic E-state index is 9.91. The number of oxime groups is 1. The molecule has 4 N–H and O–H groups in total. The molecular formula is C13H21N3O2. The minimum Gasteiger partial charge on any atom is -0.409 e. The summed E-state index contributed by atoms with van der Waals surface area (Å²) in [6, 6.07) is 7.39. The highest BCUT2D eigenvalue weighted by molar-refractivity contribution is 6.02. The predicted molar refractivity (Wildman–Crippen MR) is 73.1 cm³/mol. The molecule has 5 heteroatoms. The van der Waals surface area contributed by atoms with Crippen molar-refractivity contribution in [2.24, 2.45) is 10.9 Å². The Kier molecular flexibility index (Phi) is 4.55. The number of nitrogens with zero attached hydrogens (tertiary/aromatic N) is 2. The molecule has 1 aromatic rings. The van der Waals surface area contributed by atoms with Crippen LogP contribution in [0.5, 0.6) is 0 Å². The van der Waals surface area contributed by atoms with Gasteiger partial charge >= 0.3 is 0 Å². The molecular weight excluding hydrogens is 230 g/mol. The molecule has 0 aliphatic heterocycles. The molecule has 0 aliphatic rings. The number of hydrogen-bond acceptors (Lipinski definition) is 4. The van der Waals surface area contributed by atoms with Gasteiger partial charge in [0.2, 0.25) is 0 Å². The Hall–Kier alpha value is -1.75. The van der Waals surface area contributed by atoms with Gasteiger partial charge in [-0.25, -0.2) is 0 Å². The van der Waals surface area contributed by atoms with Gasteiger partial charge in [0.15, 0.2) is 5.84 Å². The molecule has 0 heterocycles. The lowest BCUT2D eigenvalue weighted by Gasteiger charge is -2.31. The first kappa shape index (κ1) is 14.3. The van der Waals surface area contributed by atoms with Crippen molar-refractivity contribution >= 4 is 11.5 Å². The summed E-state index contributed by atoms with van der Waals surface area (Å²) in [7, 11) is 0. The van der Waals surface area contributed by atoms with E-state index in [4.69, 9.17) is 10.9 Å². The molecule has 1 rings (SSSR count). The van der Waals surface area contributed by atoms with Crippen molar-refractivity contribution in [3.63, 3.8) is 0 Å². The fourth-order valence-electron chi connectivity index (χ4n) is 1.85. The zero-order chi connectivity index (χ0) is 13.8. The summed E-state index contributed by atoms with van der Waals surface area (Å²) in [5, 5.41) is 21.7. The third-order valence-electron chi connectivity index (χ3n) is 2.59. The van der Waals surface area contributed by atoms with Crippen LogP contribution in [0, 0.1) is 0 Å². The number of hydrogen-bond donors (Lipinski definition) is 3. The molecule has 0 bridgehead atoms. The van der Waals surface area contributed by atoms with Gasteiger partial charge in [0.05, 0.1) is 5.60 Å². The predicted octanol–water partition coefficient (Wildman–Crippen LogP) is 1.38. The minimum absolute atomic E-state index is 0.0693. The third kappa shape index (κ3) is 3.63. The molecule has 0 spiro atoms. The van der Waals surface area contributed by atoms with Crippen molar-refractivity contribution in [1.82, 2.24) is 0 Å². The van der Waals surface area contributed by atoms with Gasteiger partial charge in [-0.15, -0.1) is 0 Å². The normalized spacial score (nSPS) is 12.6. The first-order chi connectivity index (χ1) is 8.39. The summed E-state index contributed by atoms with van der Waals surface area (Å²) in [4.78, 5) is 1.99. The highest BCUT2D eigenvalue weighted by atomic mass is 16.4. The molecule has 0 saturated heterocycles. The Morgan fingerprint density at radius 1 is 1.39 bits per heavy atom. The van der Waals surface area contributed by atoms with Crippen molar-refractivity contribution in [2.45, 2.75) is 26.4 Å². The maximum atomic E-state index is 9.91. The van der Waals surface area contributed by atoms with E-state index >= 15 is 0 Å². The molecule has 18 heavy (non-hydrogen) atoms. The molecule has 5 nitrogen and oxygen atoms in total. The molecule has 0 amide bonds. The van der Waals surface area contributed by atoms with Crippen LogP contribution in [0.15, 0.2) is 29.4 Å². The van der Waals surface area contributed by atoms with Gasteiger partial charge in [-0.2, -0.15) is 0 Å². The Bertz CT molecular complexity index is 424. The van der Waals surface area contributed by atoms with Crippen molar-refractivity contribution in [3.8, 4) is 0 Å². The summed E-state index contributed by atoms with van der Waals surface area (Å²) >= 11 is 0. The first-order valence-corrected chi connectivity index (χ1v) is 5.93. The lowest BCUT2D eigenvalue weighted by Crippen LogP contribution is -2.39. The van der Waals surface area contributed by atoms with E-state index in [0.29, 0.717) is 12.1 Å². The minimum atomic E-state index is -0.811. The Labute approximate surface area is 108 Å². The van der Waals surface area contributed by atoms with E-state index in [2.05, 4.69) is 5.16 Å². The van der Waals surface area contributed by atoms with E-state index in [1.807, 2.05) is 30.0 Å². The molecule has 0 unspecified atom stereocenters. The van der Waals surface area contributed by atoms with Gasteiger partial charge in [-0.05, 0) is 32.9 Å². The van der Waals surface area contributed by atoms with Crippen molar-refractivity contribution in [3.05, 3.63) is 29.8 Å². The third-order valence-corrected chi connectivity index (χ3v) is 2.59. The van der Waals surface area contributed by atoms with E-state index in [-0.39, 0.29) is 5.84 Å². The molecule has 0 aromatic heterocycles. The Morgan fingerprint density at radius 3 is 2.50 bits per heavy atom. The molecule has 0 atom stereocenters. The average molecular weight is 251 g/mol. The van der Waals surface area contributed by atoms with Gasteiger partial charge in [0.25, 0.3) is 0 Å². The molecule has 0 saturated carbocycles. The first-order valence-electron chi connectivity index (χ1n) is 5.93. The second-order valence-corrected chi connectivity index (χ2v) is 4.83. The van der Waals surface area contributed by atoms with Crippen LogP contribution in [0.2, 0.25) is 0 Å². The largest absolute Gasteiger partial charge is 0.409 e. The van der Waals surface area contributed by atoms with Gasteiger partial charge in [-0.1, -0.05) is 17.3 Å². The summed E-state index contributed by atoms with van der Waals surface area (Å²) in [6.45, 7) is 6.69. The standard InChI is InChI=1S/C13H21N3O2/c1-4-16(9-13(2,3)17)11-8-6-5-7-10(11)12(14)15-18/h5-8,17-18H,4,9H2,1-3H3,(H2,14,15). The van der Waals surface area contributed by atoms with Crippen LogP contribution in [0.4, 0.5) is 5.69 Å². The van der Waals surface area contributed by atoms with Crippen LogP contribution >= 0.6 is 0 Å². The van der Waals surface area contributed by atoms with E-state index in [9.17, 15) is 5.11 Å². The van der Waals surface area contributed by atoms with Crippen LogP contribution < -0.4 is 10.6 Å². The fraction of sp³-hybridized carbons (Fsp3) is 0.462. The number of aliphatic hydroxyl groups is 1. The lowest BCUT2D eigenvalue weighted by atomic mass is 10.1. The second-order valence-electron chi connectivity index (χ2n) is 4.83. The molecule has 0 aliphatic carbocycles. The molecule has 1 aromatic carbocycles. The molecule has 0 radical (unpaired) electrons.